The predicted octanol–water partition coefficient (Wildman–Crippen LogP) is 4.11. The molecular formula is C15H16BrN3. The third kappa shape index (κ3) is 1.89. The van der Waals surface area contributed by atoms with E-state index in [0.29, 0.717) is 12.0 Å². The van der Waals surface area contributed by atoms with Gasteiger partial charge in [-0.2, -0.15) is 0 Å². The first-order valence-corrected chi connectivity index (χ1v) is 7.67. The van der Waals surface area contributed by atoms with Crippen LogP contribution < -0.4 is 5.73 Å². The van der Waals surface area contributed by atoms with E-state index in [0.717, 1.165) is 21.5 Å². The molecule has 2 aliphatic carbocycles. The molecule has 1 aromatic heterocycles. The Labute approximate surface area is 121 Å². The third-order valence-electron chi connectivity index (χ3n) is 3.96. The van der Waals surface area contributed by atoms with Crippen LogP contribution in [0.4, 0.5) is 5.82 Å². The van der Waals surface area contributed by atoms with Gasteiger partial charge in [-0.05, 0) is 31.7 Å². The van der Waals surface area contributed by atoms with Crippen molar-refractivity contribution in [2.75, 3.05) is 5.73 Å². The topological polar surface area (TPSA) is 43.8 Å². The van der Waals surface area contributed by atoms with E-state index in [-0.39, 0.29) is 0 Å². The van der Waals surface area contributed by atoms with Gasteiger partial charge < -0.3 is 10.3 Å². The van der Waals surface area contributed by atoms with E-state index in [4.69, 9.17) is 10.7 Å². The van der Waals surface area contributed by atoms with Crippen molar-refractivity contribution in [3.63, 3.8) is 0 Å². The molecule has 98 valence electrons. The average Bonchev–Trinajstić information content (AvgIpc) is 3.29. The zero-order valence-corrected chi connectivity index (χ0v) is 12.2. The molecule has 2 fully saturated rings. The van der Waals surface area contributed by atoms with Crippen molar-refractivity contribution >= 4 is 21.7 Å². The van der Waals surface area contributed by atoms with Gasteiger partial charge in [0.15, 0.2) is 0 Å². The largest absolute Gasteiger partial charge is 0.383 e. The lowest BCUT2D eigenvalue weighted by Gasteiger charge is -2.07. The van der Waals surface area contributed by atoms with Crippen LogP contribution in [-0.4, -0.2) is 9.55 Å². The van der Waals surface area contributed by atoms with Gasteiger partial charge in [0.25, 0.3) is 0 Å². The number of nitrogens with two attached hydrogens (primary N) is 1. The van der Waals surface area contributed by atoms with Crippen LogP contribution in [0.1, 0.15) is 43.5 Å². The molecule has 0 atom stereocenters. The Bertz CT molecular complexity index is 639. The van der Waals surface area contributed by atoms with Crippen LogP contribution >= 0.6 is 15.9 Å². The van der Waals surface area contributed by atoms with Gasteiger partial charge >= 0.3 is 0 Å². The number of aromatic nitrogens is 2. The second kappa shape index (κ2) is 4.10. The number of hydrogen-bond acceptors (Lipinski definition) is 2. The van der Waals surface area contributed by atoms with E-state index < -0.39 is 0 Å². The summed E-state index contributed by atoms with van der Waals surface area (Å²) in [5.74, 6) is 2.70. The van der Waals surface area contributed by atoms with E-state index in [1.807, 2.05) is 18.2 Å². The molecule has 0 spiro atoms. The lowest BCUT2D eigenvalue weighted by atomic mass is 10.1. The fourth-order valence-electron chi connectivity index (χ4n) is 2.66. The van der Waals surface area contributed by atoms with Crippen molar-refractivity contribution in [3.05, 3.63) is 34.6 Å². The molecule has 2 aliphatic rings. The van der Waals surface area contributed by atoms with Crippen LogP contribution in [0.5, 0.6) is 0 Å². The molecule has 0 aliphatic heterocycles. The average molecular weight is 318 g/mol. The summed E-state index contributed by atoms with van der Waals surface area (Å²) in [5, 5.41) is 0. The van der Waals surface area contributed by atoms with Gasteiger partial charge in [-0.15, -0.1) is 0 Å². The van der Waals surface area contributed by atoms with Crippen molar-refractivity contribution < 1.29 is 0 Å². The summed E-state index contributed by atoms with van der Waals surface area (Å²) in [6.07, 6.45) is 5.02. The highest BCUT2D eigenvalue weighted by molar-refractivity contribution is 9.10. The summed E-state index contributed by atoms with van der Waals surface area (Å²) in [4.78, 5) is 4.87. The minimum absolute atomic E-state index is 0.597. The van der Waals surface area contributed by atoms with E-state index in [9.17, 15) is 0 Å². The highest BCUT2D eigenvalue weighted by Gasteiger charge is 2.36. The van der Waals surface area contributed by atoms with Crippen LogP contribution in [0.15, 0.2) is 28.7 Å². The quantitative estimate of drug-likeness (QED) is 0.925. The number of anilines is 1. The molecule has 4 heteroatoms. The van der Waals surface area contributed by atoms with Gasteiger partial charge in [-0.1, -0.05) is 34.1 Å². The maximum absolute atomic E-state index is 6.39. The third-order valence-corrected chi connectivity index (χ3v) is 4.65. The van der Waals surface area contributed by atoms with Gasteiger partial charge in [-0.3, -0.25) is 0 Å². The Hall–Kier alpha value is -1.29. The Balaban J connectivity index is 1.89. The van der Waals surface area contributed by atoms with E-state index in [2.05, 4.69) is 26.6 Å². The van der Waals surface area contributed by atoms with Gasteiger partial charge in [0.05, 0.1) is 0 Å². The predicted molar refractivity (Wildman–Crippen MR) is 80.0 cm³/mol. The van der Waals surface area contributed by atoms with Crippen LogP contribution in [0, 0.1) is 0 Å². The smallest absolute Gasteiger partial charge is 0.132 e. The zero-order chi connectivity index (χ0) is 13.0. The first-order chi connectivity index (χ1) is 9.25. The van der Waals surface area contributed by atoms with Crippen molar-refractivity contribution in [1.29, 1.82) is 0 Å². The van der Waals surface area contributed by atoms with Crippen LogP contribution in [0.25, 0.3) is 11.3 Å². The molecule has 0 unspecified atom stereocenters. The number of rotatable bonds is 3. The lowest BCUT2D eigenvalue weighted by Crippen LogP contribution is -2.04. The second-order valence-electron chi connectivity index (χ2n) is 5.56. The molecule has 19 heavy (non-hydrogen) atoms. The zero-order valence-electron chi connectivity index (χ0n) is 10.6. The first-order valence-electron chi connectivity index (χ1n) is 6.88. The van der Waals surface area contributed by atoms with Crippen LogP contribution in [0.2, 0.25) is 0 Å². The minimum atomic E-state index is 0.597. The number of imidazole rings is 1. The van der Waals surface area contributed by atoms with Crippen LogP contribution in [0.3, 0.4) is 0 Å². The van der Waals surface area contributed by atoms with Gasteiger partial charge in [0.2, 0.25) is 0 Å². The summed E-state index contributed by atoms with van der Waals surface area (Å²) >= 11 is 3.60. The molecule has 2 saturated carbocycles. The number of hydrogen-bond donors (Lipinski definition) is 1. The SMILES string of the molecule is Nc1c(-c2ccccc2Br)nc(C2CC2)n1C1CC1. The molecule has 0 amide bonds. The minimum Gasteiger partial charge on any atom is -0.383 e. The molecule has 1 aromatic carbocycles. The molecular weight excluding hydrogens is 302 g/mol. The molecule has 3 nitrogen and oxygen atoms in total. The van der Waals surface area contributed by atoms with Crippen molar-refractivity contribution in [1.82, 2.24) is 9.55 Å². The van der Waals surface area contributed by atoms with E-state index in [1.54, 1.807) is 0 Å². The molecule has 0 saturated heterocycles. The molecule has 0 bridgehead atoms. The number of nitrogens with zero attached hydrogens (tertiary/aromatic N) is 2. The summed E-state index contributed by atoms with van der Waals surface area (Å²) in [7, 11) is 0. The Kier molecular flexibility index (Phi) is 2.49. The summed E-state index contributed by atoms with van der Waals surface area (Å²) in [5.41, 5.74) is 8.44. The van der Waals surface area contributed by atoms with Gasteiger partial charge in [0, 0.05) is 22.0 Å². The van der Waals surface area contributed by atoms with E-state index in [1.165, 1.54) is 31.5 Å². The lowest BCUT2D eigenvalue weighted by molar-refractivity contribution is 0.691. The molecule has 1 heterocycles. The fraction of sp³-hybridized carbons (Fsp3) is 0.400. The number of nitrogen functional groups attached to an aromatic ring is 1. The van der Waals surface area contributed by atoms with Crippen molar-refractivity contribution in [2.24, 2.45) is 0 Å². The van der Waals surface area contributed by atoms with Crippen molar-refractivity contribution in [2.45, 2.75) is 37.6 Å². The Morgan fingerprint density at radius 1 is 1.16 bits per heavy atom. The molecule has 2 aromatic rings. The molecule has 2 N–H and O–H groups in total. The fourth-order valence-corrected chi connectivity index (χ4v) is 3.13. The normalized spacial score (nSPS) is 18.8. The maximum atomic E-state index is 6.39. The highest BCUT2D eigenvalue weighted by atomic mass is 79.9. The molecule has 0 radical (unpaired) electrons. The standard InChI is InChI=1S/C15H16BrN3/c16-12-4-2-1-3-11(12)13-14(17)19(10-7-8-10)15(18-13)9-5-6-9/h1-4,9-10H,5-8,17H2. The Morgan fingerprint density at radius 2 is 1.89 bits per heavy atom. The second-order valence-corrected chi connectivity index (χ2v) is 6.41. The summed E-state index contributed by atoms with van der Waals surface area (Å²) in [6, 6.07) is 8.77. The van der Waals surface area contributed by atoms with E-state index >= 15 is 0 Å². The highest BCUT2D eigenvalue weighted by Crippen LogP contribution is 2.48. The first kappa shape index (κ1) is 11.5. The Morgan fingerprint density at radius 3 is 2.53 bits per heavy atom. The monoisotopic (exact) mass is 317 g/mol. The number of halogens is 1. The molecule has 4 rings (SSSR count). The van der Waals surface area contributed by atoms with Crippen LogP contribution in [-0.2, 0) is 0 Å². The van der Waals surface area contributed by atoms with Gasteiger partial charge in [0.1, 0.15) is 17.3 Å². The van der Waals surface area contributed by atoms with Crippen molar-refractivity contribution in [3.8, 4) is 11.3 Å². The summed E-state index contributed by atoms with van der Waals surface area (Å²) < 4.78 is 3.36. The number of benzene rings is 1. The summed E-state index contributed by atoms with van der Waals surface area (Å²) in [6.45, 7) is 0. The maximum Gasteiger partial charge on any atom is 0.132 e. The van der Waals surface area contributed by atoms with Gasteiger partial charge in [-0.25, -0.2) is 4.98 Å².